The molecule has 0 saturated carbocycles. The molecule has 3 atom stereocenters. The van der Waals surface area contributed by atoms with Crippen LogP contribution in [-0.2, 0) is 4.79 Å². The van der Waals surface area contributed by atoms with Crippen LogP contribution in [0.25, 0.3) is 0 Å². The van der Waals surface area contributed by atoms with E-state index in [0.717, 1.165) is 38.5 Å². The minimum absolute atomic E-state index is 0.142. The lowest BCUT2D eigenvalue weighted by Crippen LogP contribution is -2.50. The summed E-state index contributed by atoms with van der Waals surface area (Å²) >= 11 is 0. The average molecular weight is 696 g/mol. The Morgan fingerprint density at radius 3 is 0.980 bits per heavy atom. The van der Waals surface area contributed by atoms with Gasteiger partial charge in [0.05, 0.1) is 18.8 Å². The predicted octanol–water partition coefficient (Wildman–Crippen LogP) is 12.7. The molecule has 0 spiro atoms. The van der Waals surface area contributed by atoms with Gasteiger partial charge < -0.3 is 20.6 Å². The van der Waals surface area contributed by atoms with Crippen molar-refractivity contribution in [2.75, 3.05) is 6.61 Å². The summed E-state index contributed by atoms with van der Waals surface area (Å²) in [6, 6.07) is -0.800. The van der Waals surface area contributed by atoms with E-state index in [1.807, 2.05) is 0 Å². The molecule has 49 heavy (non-hydrogen) atoms. The van der Waals surface area contributed by atoms with Crippen LogP contribution in [0.5, 0.6) is 0 Å². The third-order valence-corrected chi connectivity index (χ3v) is 10.7. The van der Waals surface area contributed by atoms with E-state index in [2.05, 4.69) is 19.2 Å². The molecule has 294 valence electrons. The molecule has 4 N–H and O–H groups in total. The Bertz CT molecular complexity index is 644. The summed E-state index contributed by atoms with van der Waals surface area (Å²) < 4.78 is 0. The van der Waals surface area contributed by atoms with Crippen molar-refractivity contribution in [1.29, 1.82) is 0 Å². The second kappa shape index (κ2) is 40.1. The van der Waals surface area contributed by atoms with Crippen molar-refractivity contribution in [2.45, 2.75) is 270 Å². The maximum absolute atomic E-state index is 12.4. The number of rotatable bonds is 41. The van der Waals surface area contributed by atoms with Crippen LogP contribution in [0.15, 0.2) is 0 Å². The van der Waals surface area contributed by atoms with Crippen LogP contribution in [0.1, 0.15) is 251 Å². The zero-order chi connectivity index (χ0) is 35.9. The van der Waals surface area contributed by atoms with Gasteiger partial charge in [0.15, 0.2) is 0 Å². The number of carbonyl (C=O) groups excluding carboxylic acids is 1. The lowest BCUT2D eigenvalue weighted by Gasteiger charge is -2.26. The third-order valence-electron chi connectivity index (χ3n) is 10.7. The molecule has 0 aliphatic rings. The fourth-order valence-electron chi connectivity index (χ4n) is 7.22. The summed E-state index contributed by atoms with van der Waals surface area (Å²) in [6.45, 7) is 4.16. The molecule has 0 fully saturated rings. The molecule has 0 aliphatic heterocycles. The van der Waals surface area contributed by atoms with Gasteiger partial charge in [0.25, 0.3) is 0 Å². The van der Waals surface area contributed by atoms with Gasteiger partial charge in [-0.2, -0.15) is 0 Å². The summed E-state index contributed by atoms with van der Waals surface area (Å²) in [7, 11) is 0. The molecule has 0 unspecified atom stereocenters. The van der Waals surface area contributed by atoms with Crippen LogP contribution in [0.4, 0.5) is 0 Å². The molecule has 5 heteroatoms. The quantitative estimate of drug-likeness (QED) is 0.0479. The van der Waals surface area contributed by atoms with E-state index in [1.54, 1.807) is 0 Å². The van der Waals surface area contributed by atoms with Gasteiger partial charge in [-0.25, -0.2) is 0 Å². The van der Waals surface area contributed by atoms with Crippen molar-refractivity contribution >= 4 is 5.91 Å². The van der Waals surface area contributed by atoms with Crippen molar-refractivity contribution < 1.29 is 20.1 Å². The molecule has 0 radical (unpaired) electrons. The van der Waals surface area contributed by atoms with E-state index in [-0.39, 0.29) is 12.5 Å². The fourth-order valence-corrected chi connectivity index (χ4v) is 7.22. The zero-order valence-electron chi connectivity index (χ0n) is 33.4. The first kappa shape index (κ1) is 48.3. The first-order valence-corrected chi connectivity index (χ1v) is 22.3. The molecule has 0 aromatic rings. The van der Waals surface area contributed by atoms with E-state index < -0.39 is 18.2 Å². The summed E-state index contributed by atoms with van der Waals surface area (Å²) in [4.78, 5) is 12.4. The van der Waals surface area contributed by atoms with Crippen LogP contribution in [-0.4, -0.2) is 46.1 Å². The Labute approximate surface area is 307 Å². The molecule has 0 bridgehead atoms. The topological polar surface area (TPSA) is 89.8 Å². The fraction of sp³-hybridized carbons (Fsp3) is 0.977. The number of carbonyl (C=O) groups is 1. The molecule has 0 rings (SSSR count). The zero-order valence-corrected chi connectivity index (χ0v) is 33.4. The predicted molar refractivity (Wildman–Crippen MR) is 213 cm³/mol. The SMILES string of the molecule is CCCCCCCCCCCCCCCCCCCCCCCCCCCCCC(=O)N[C@@H](CO)[C@H](O)[C@H](O)CCCCCCCCCC. The Morgan fingerprint density at radius 2 is 0.694 bits per heavy atom. The smallest absolute Gasteiger partial charge is 0.220 e. The molecular weight excluding hydrogens is 606 g/mol. The normalized spacial score (nSPS) is 13.5. The lowest BCUT2D eigenvalue weighted by atomic mass is 9.99. The summed E-state index contributed by atoms with van der Waals surface area (Å²) in [5.41, 5.74) is 0. The Morgan fingerprint density at radius 1 is 0.429 bits per heavy atom. The van der Waals surface area contributed by atoms with Gasteiger partial charge in [0.1, 0.15) is 6.10 Å². The monoisotopic (exact) mass is 696 g/mol. The van der Waals surface area contributed by atoms with E-state index in [1.165, 1.54) is 186 Å². The standard InChI is InChI=1S/C44H89NO4/c1-3-5-7-9-11-13-14-15-16-17-18-19-20-21-22-23-24-25-26-27-28-29-30-31-33-35-37-39-43(48)45-41(40-46)44(49)42(47)38-36-34-32-12-10-8-6-4-2/h41-42,44,46-47,49H,3-40H2,1-2H3,(H,45,48)/t41-,42+,44-/m0/s1. The van der Waals surface area contributed by atoms with E-state index in [9.17, 15) is 20.1 Å². The first-order valence-electron chi connectivity index (χ1n) is 22.3. The molecule has 0 aliphatic carbocycles. The van der Waals surface area contributed by atoms with Crippen molar-refractivity contribution in [2.24, 2.45) is 0 Å². The molecular formula is C44H89NO4. The highest BCUT2D eigenvalue weighted by Crippen LogP contribution is 2.17. The van der Waals surface area contributed by atoms with Crippen molar-refractivity contribution in [3.05, 3.63) is 0 Å². The second-order valence-corrected chi connectivity index (χ2v) is 15.6. The molecule has 0 heterocycles. The van der Waals surface area contributed by atoms with Crippen LogP contribution in [0, 0.1) is 0 Å². The van der Waals surface area contributed by atoms with Gasteiger partial charge in [-0.1, -0.05) is 232 Å². The first-order chi connectivity index (χ1) is 24.1. The maximum atomic E-state index is 12.4. The number of aliphatic hydroxyl groups is 3. The van der Waals surface area contributed by atoms with Crippen LogP contribution in [0.2, 0.25) is 0 Å². The molecule has 0 aromatic heterocycles. The number of aliphatic hydroxyl groups excluding tert-OH is 3. The lowest BCUT2D eigenvalue weighted by molar-refractivity contribution is -0.124. The molecule has 1 amide bonds. The number of hydrogen-bond donors (Lipinski definition) is 4. The summed E-state index contributed by atoms with van der Waals surface area (Å²) in [5, 5.41) is 33.3. The van der Waals surface area contributed by atoms with Crippen LogP contribution < -0.4 is 5.32 Å². The van der Waals surface area contributed by atoms with Gasteiger partial charge in [-0.3, -0.25) is 4.79 Å². The molecule has 0 aromatic carbocycles. The molecule has 0 saturated heterocycles. The number of nitrogens with one attached hydrogen (secondary N) is 1. The Hall–Kier alpha value is -0.650. The highest BCUT2D eigenvalue weighted by Gasteiger charge is 2.26. The van der Waals surface area contributed by atoms with Gasteiger partial charge >= 0.3 is 0 Å². The minimum atomic E-state index is -1.13. The van der Waals surface area contributed by atoms with Crippen LogP contribution in [0.3, 0.4) is 0 Å². The highest BCUT2D eigenvalue weighted by atomic mass is 16.3. The Kier molecular flexibility index (Phi) is 39.6. The number of unbranched alkanes of at least 4 members (excludes halogenated alkanes) is 33. The van der Waals surface area contributed by atoms with E-state index >= 15 is 0 Å². The number of amides is 1. The number of hydrogen-bond acceptors (Lipinski definition) is 4. The minimum Gasteiger partial charge on any atom is -0.394 e. The van der Waals surface area contributed by atoms with Gasteiger partial charge in [0.2, 0.25) is 5.91 Å². The van der Waals surface area contributed by atoms with Gasteiger partial charge in [-0.05, 0) is 12.8 Å². The molecule has 5 nitrogen and oxygen atoms in total. The van der Waals surface area contributed by atoms with Gasteiger partial charge in [-0.15, -0.1) is 0 Å². The average Bonchev–Trinajstić information content (AvgIpc) is 3.11. The highest BCUT2D eigenvalue weighted by molar-refractivity contribution is 5.76. The summed E-state index contributed by atoms with van der Waals surface area (Å²) in [6.07, 6.45) is 45.3. The maximum Gasteiger partial charge on any atom is 0.220 e. The van der Waals surface area contributed by atoms with Crippen molar-refractivity contribution in [3.8, 4) is 0 Å². The van der Waals surface area contributed by atoms with Gasteiger partial charge in [0, 0.05) is 6.42 Å². The van der Waals surface area contributed by atoms with Crippen molar-refractivity contribution in [3.63, 3.8) is 0 Å². The largest absolute Gasteiger partial charge is 0.394 e. The summed E-state index contributed by atoms with van der Waals surface area (Å²) in [5.74, 6) is -0.142. The van der Waals surface area contributed by atoms with E-state index in [4.69, 9.17) is 0 Å². The van der Waals surface area contributed by atoms with E-state index in [0.29, 0.717) is 12.8 Å². The second-order valence-electron chi connectivity index (χ2n) is 15.6. The third kappa shape index (κ3) is 35.5. The van der Waals surface area contributed by atoms with Crippen LogP contribution >= 0.6 is 0 Å². The Balaban J connectivity index is 3.44. The van der Waals surface area contributed by atoms with Crippen molar-refractivity contribution in [1.82, 2.24) is 5.32 Å².